The van der Waals surface area contributed by atoms with Crippen LogP contribution in [0.25, 0.3) is 0 Å². The molecule has 0 rings (SSSR count). The van der Waals surface area contributed by atoms with Gasteiger partial charge >= 0.3 is 13.7 Å². The number of nitrogens with one attached hydrogen (secondary N) is 2. The van der Waals surface area contributed by atoms with Gasteiger partial charge in [-0.1, -0.05) is 33.3 Å². The minimum atomic E-state index is -4.17. The van der Waals surface area contributed by atoms with E-state index in [1.807, 2.05) is 0 Å². The van der Waals surface area contributed by atoms with E-state index < -0.39 is 25.7 Å². The van der Waals surface area contributed by atoms with Gasteiger partial charge in [-0.15, -0.1) is 0 Å². The average Bonchev–Trinajstić information content (AvgIpc) is 2.55. The molecule has 2 unspecified atom stereocenters. The van der Waals surface area contributed by atoms with Crippen LogP contribution in [-0.2, 0) is 23.4 Å². The topological polar surface area (TPSA) is 114 Å². The van der Waals surface area contributed by atoms with E-state index >= 15 is 0 Å². The predicted molar refractivity (Wildman–Crippen MR) is 95.8 cm³/mol. The van der Waals surface area contributed by atoms with Gasteiger partial charge in [0, 0.05) is 6.54 Å². The van der Waals surface area contributed by atoms with Crippen molar-refractivity contribution in [2.75, 3.05) is 19.8 Å². The van der Waals surface area contributed by atoms with E-state index in [1.54, 1.807) is 0 Å². The first-order valence-electron chi connectivity index (χ1n) is 8.57. The molecule has 0 aromatic rings. The molecule has 0 saturated carbocycles. The lowest BCUT2D eigenvalue weighted by Crippen LogP contribution is -2.35. The summed E-state index contributed by atoms with van der Waals surface area (Å²) in [6.45, 7) is 9.03. The number of rotatable bonds is 14. The Bertz CT molecular complexity index is 466. The maximum absolute atomic E-state index is 12.0. The normalized spacial score (nSPS) is 14.6. The number of carbonyl (C=O) groups is 2. The van der Waals surface area contributed by atoms with Gasteiger partial charge in [0.2, 0.25) is 5.91 Å². The molecule has 0 fully saturated rings. The molecule has 0 saturated heterocycles. The van der Waals surface area contributed by atoms with Crippen LogP contribution in [0.1, 0.15) is 46.5 Å². The number of hydrogen-bond acceptors (Lipinski definition) is 5. The van der Waals surface area contributed by atoms with Crippen LogP contribution in [0, 0.1) is 5.92 Å². The molecule has 0 aliphatic heterocycles. The summed E-state index contributed by atoms with van der Waals surface area (Å²) in [7, 11) is -4.17. The summed E-state index contributed by atoms with van der Waals surface area (Å²) in [6, 6.07) is -0.984. The predicted octanol–water partition coefficient (Wildman–Crippen LogP) is 2.14. The minimum absolute atomic E-state index is 0.0472. The standard InChI is InChI=1S/C16H31N2O6P/c1-5-8-14(9-6-2)12-23-16(20)13(4)18-25(21,22)24-11-10-17-15(19)7-3/h7,13-14H,3,5-6,8-12H2,1-2,4H3,(H,17,19)(H2,18,21,22). The van der Waals surface area contributed by atoms with Crippen molar-refractivity contribution in [3.05, 3.63) is 12.7 Å². The van der Waals surface area contributed by atoms with E-state index in [0.717, 1.165) is 31.8 Å². The Morgan fingerprint density at radius 3 is 2.40 bits per heavy atom. The van der Waals surface area contributed by atoms with Crippen LogP contribution in [-0.4, -0.2) is 42.6 Å². The lowest BCUT2D eigenvalue weighted by atomic mass is 9.99. The quantitative estimate of drug-likeness (QED) is 0.184. The number of esters is 1. The Kier molecular flexibility index (Phi) is 12.4. The van der Waals surface area contributed by atoms with Crippen molar-refractivity contribution >= 4 is 19.6 Å². The third kappa shape index (κ3) is 11.9. The summed E-state index contributed by atoms with van der Waals surface area (Å²) >= 11 is 0. The summed E-state index contributed by atoms with van der Waals surface area (Å²) < 4.78 is 21.9. The van der Waals surface area contributed by atoms with Crippen LogP contribution in [0.2, 0.25) is 0 Å². The highest BCUT2D eigenvalue weighted by molar-refractivity contribution is 7.50. The molecule has 2 atom stereocenters. The van der Waals surface area contributed by atoms with E-state index in [1.165, 1.54) is 6.92 Å². The van der Waals surface area contributed by atoms with Crippen molar-refractivity contribution in [1.82, 2.24) is 10.4 Å². The molecular weight excluding hydrogens is 347 g/mol. The first-order chi connectivity index (χ1) is 11.8. The first-order valence-corrected chi connectivity index (χ1v) is 10.2. The summed E-state index contributed by atoms with van der Waals surface area (Å²) in [5.41, 5.74) is 0. The van der Waals surface area contributed by atoms with Crippen LogP contribution in [0.3, 0.4) is 0 Å². The Balaban J connectivity index is 4.23. The van der Waals surface area contributed by atoms with Crippen molar-refractivity contribution in [1.29, 1.82) is 0 Å². The molecule has 1 amide bonds. The van der Waals surface area contributed by atoms with E-state index in [9.17, 15) is 19.0 Å². The Hall–Kier alpha value is -1.21. The van der Waals surface area contributed by atoms with Crippen LogP contribution in [0.5, 0.6) is 0 Å². The average molecular weight is 378 g/mol. The van der Waals surface area contributed by atoms with Crippen molar-refractivity contribution < 1.29 is 28.3 Å². The number of ether oxygens (including phenoxy) is 1. The molecule has 0 spiro atoms. The van der Waals surface area contributed by atoms with E-state index in [2.05, 4.69) is 30.8 Å². The Morgan fingerprint density at radius 2 is 1.88 bits per heavy atom. The molecular formula is C16H31N2O6P. The zero-order valence-electron chi connectivity index (χ0n) is 15.3. The highest BCUT2D eigenvalue weighted by Gasteiger charge is 2.27. The van der Waals surface area contributed by atoms with Gasteiger partial charge in [-0.25, -0.2) is 9.65 Å². The zero-order valence-corrected chi connectivity index (χ0v) is 16.2. The van der Waals surface area contributed by atoms with Gasteiger partial charge in [-0.3, -0.25) is 14.1 Å². The molecule has 0 heterocycles. The fraction of sp³-hybridized carbons (Fsp3) is 0.750. The second-order valence-electron chi connectivity index (χ2n) is 5.77. The third-order valence-electron chi connectivity index (χ3n) is 3.42. The summed E-state index contributed by atoms with van der Waals surface area (Å²) in [5.74, 6) is -0.707. The Morgan fingerprint density at radius 1 is 1.28 bits per heavy atom. The summed E-state index contributed by atoms with van der Waals surface area (Å²) in [5, 5.41) is 4.63. The van der Waals surface area contributed by atoms with Crippen LogP contribution >= 0.6 is 7.75 Å². The van der Waals surface area contributed by atoms with Gasteiger partial charge in [-0.05, 0) is 31.8 Å². The fourth-order valence-corrected chi connectivity index (χ4v) is 3.21. The fourth-order valence-electron chi connectivity index (χ4n) is 2.20. The van der Waals surface area contributed by atoms with E-state index in [4.69, 9.17) is 9.26 Å². The van der Waals surface area contributed by atoms with Crippen molar-refractivity contribution in [3.8, 4) is 0 Å². The highest BCUT2D eigenvalue weighted by atomic mass is 31.2. The molecule has 0 bridgehead atoms. The van der Waals surface area contributed by atoms with Gasteiger partial charge in [0.1, 0.15) is 6.04 Å². The molecule has 0 radical (unpaired) electrons. The molecule has 9 heteroatoms. The number of hydrogen-bond donors (Lipinski definition) is 3. The maximum Gasteiger partial charge on any atom is 0.403 e. The van der Waals surface area contributed by atoms with Crippen molar-refractivity contribution in [2.24, 2.45) is 5.92 Å². The Labute approximate surface area is 149 Å². The lowest BCUT2D eigenvalue weighted by molar-refractivity contribution is -0.146. The first kappa shape index (κ1) is 23.8. The molecule has 8 nitrogen and oxygen atoms in total. The molecule has 0 aliphatic rings. The van der Waals surface area contributed by atoms with Gasteiger partial charge in [0.25, 0.3) is 0 Å². The second kappa shape index (κ2) is 13.1. The van der Waals surface area contributed by atoms with Gasteiger partial charge in [0.05, 0.1) is 13.2 Å². The van der Waals surface area contributed by atoms with Crippen LogP contribution < -0.4 is 10.4 Å². The minimum Gasteiger partial charge on any atom is -0.464 e. The van der Waals surface area contributed by atoms with Crippen LogP contribution in [0.15, 0.2) is 12.7 Å². The molecule has 0 aromatic heterocycles. The van der Waals surface area contributed by atoms with Gasteiger partial charge in [-0.2, -0.15) is 0 Å². The number of carbonyl (C=O) groups excluding carboxylic acids is 2. The SMILES string of the molecule is C=CC(=O)NCCOP(=O)(O)NC(C)C(=O)OCC(CCC)CCC. The molecule has 0 aromatic carbocycles. The zero-order chi connectivity index (χ0) is 19.3. The lowest BCUT2D eigenvalue weighted by Gasteiger charge is -2.20. The molecule has 3 N–H and O–H groups in total. The smallest absolute Gasteiger partial charge is 0.403 e. The highest BCUT2D eigenvalue weighted by Crippen LogP contribution is 2.37. The summed E-state index contributed by atoms with van der Waals surface area (Å²) in [4.78, 5) is 32.6. The monoisotopic (exact) mass is 378 g/mol. The largest absolute Gasteiger partial charge is 0.464 e. The van der Waals surface area contributed by atoms with Crippen LogP contribution in [0.4, 0.5) is 0 Å². The molecule has 25 heavy (non-hydrogen) atoms. The van der Waals surface area contributed by atoms with E-state index in [0.29, 0.717) is 12.5 Å². The van der Waals surface area contributed by atoms with Gasteiger partial charge < -0.3 is 14.9 Å². The molecule has 146 valence electrons. The second-order valence-corrected chi connectivity index (χ2v) is 7.33. The summed E-state index contributed by atoms with van der Waals surface area (Å²) in [6.07, 6.45) is 5.05. The van der Waals surface area contributed by atoms with Crippen molar-refractivity contribution in [3.63, 3.8) is 0 Å². The third-order valence-corrected chi connectivity index (χ3v) is 4.66. The number of amides is 1. The van der Waals surface area contributed by atoms with Crippen molar-refractivity contribution in [2.45, 2.75) is 52.5 Å². The molecule has 0 aliphatic carbocycles. The van der Waals surface area contributed by atoms with Gasteiger partial charge in [0.15, 0.2) is 0 Å². The van der Waals surface area contributed by atoms with E-state index in [-0.39, 0.29) is 13.2 Å². The maximum atomic E-state index is 12.0.